The third-order valence-corrected chi connectivity index (χ3v) is 3.66. The zero-order valence-corrected chi connectivity index (χ0v) is 9.68. The minimum absolute atomic E-state index is 0.160. The quantitative estimate of drug-likeness (QED) is 0.734. The molecule has 0 spiro atoms. The van der Waals surface area contributed by atoms with Gasteiger partial charge in [0, 0.05) is 24.5 Å². The van der Waals surface area contributed by atoms with Crippen LogP contribution >= 0.6 is 11.3 Å². The SMILES string of the molecule is CC(=O)c1ccc(CN2CCOCC2)s1. The maximum atomic E-state index is 11.1. The fraction of sp³-hybridized carbons (Fsp3) is 0.545. The Balaban J connectivity index is 1.94. The molecule has 0 unspecified atom stereocenters. The summed E-state index contributed by atoms with van der Waals surface area (Å²) in [5.41, 5.74) is 0. The Kier molecular flexibility index (Phi) is 3.51. The molecule has 1 fully saturated rings. The van der Waals surface area contributed by atoms with Gasteiger partial charge in [-0.25, -0.2) is 0 Å². The van der Waals surface area contributed by atoms with Crippen LogP contribution in [0.3, 0.4) is 0 Å². The summed E-state index contributed by atoms with van der Waals surface area (Å²) in [5.74, 6) is 0.160. The second kappa shape index (κ2) is 4.88. The maximum Gasteiger partial charge on any atom is 0.169 e. The predicted molar refractivity (Wildman–Crippen MR) is 60.4 cm³/mol. The molecular formula is C11H15NO2S. The number of carbonyl (C=O) groups is 1. The van der Waals surface area contributed by atoms with Crippen LogP contribution in [0.25, 0.3) is 0 Å². The monoisotopic (exact) mass is 225 g/mol. The van der Waals surface area contributed by atoms with Gasteiger partial charge in [0.15, 0.2) is 5.78 Å². The van der Waals surface area contributed by atoms with Gasteiger partial charge in [-0.05, 0) is 19.1 Å². The first-order chi connectivity index (χ1) is 7.25. The standard InChI is InChI=1S/C11H15NO2S/c1-9(13)11-3-2-10(15-11)8-12-4-6-14-7-5-12/h2-3H,4-8H2,1H3. The van der Waals surface area contributed by atoms with Crippen LogP contribution in [-0.4, -0.2) is 37.0 Å². The highest BCUT2D eigenvalue weighted by molar-refractivity contribution is 7.14. The van der Waals surface area contributed by atoms with Gasteiger partial charge in [0.1, 0.15) is 0 Å². The molecule has 0 aromatic carbocycles. The minimum Gasteiger partial charge on any atom is -0.379 e. The van der Waals surface area contributed by atoms with Crippen molar-refractivity contribution in [1.82, 2.24) is 4.90 Å². The lowest BCUT2D eigenvalue weighted by Gasteiger charge is -2.25. The van der Waals surface area contributed by atoms with Gasteiger partial charge in [-0.1, -0.05) is 0 Å². The van der Waals surface area contributed by atoms with Crippen molar-refractivity contribution in [3.05, 3.63) is 21.9 Å². The van der Waals surface area contributed by atoms with Gasteiger partial charge < -0.3 is 4.74 Å². The number of ketones is 1. The Morgan fingerprint density at radius 3 is 2.80 bits per heavy atom. The molecule has 2 heterocycles. The van der Waals surface area contributed by atoms with Gasteiger partial charge in [-0.2, -0.15) is 0 Å². The first-order valence-corrected chi connectivity index (χ1v) is 5.97. The van der Waals surface area contributed by atoms with Crippen molar-refractivity contribution in [2.24, 2.45) is 0 Å². The van der Waals surface area contributed by atoms with Crippen molar-refractivity contribution in [3.8, 4) is 0 Å². The summed E-state index contributed by atoms with van der Waals surface area (Å²) in [6.45, 7) is 6.20. The Morgan fingerprint density at radius 2 is 2.20 bits per heavy atom. The fourth-order valence-electron chi connectivity index (χ4n) is 1.63. The molecule has 2 rings (SSSR count). The van der Waals surface area contributed by atoms with Gasteiger partial charge in [0.05, 0.1) is 18.1 Å². The van der Waals surface area contributed by atoms with Crippen molar-refractivity contribution in [3.63, 3.8) is 0 Å². The van der Waals surface area contributed by atoms with E-state index in [9.17, 15) is 4.79 Å². The van der Waals surface area contributed by atoms with Crippen molar-refractivity contribution >= 4 is 17.1 Å². The summed E-state index contributed by atoms with van der Waals surface area (Å²) < 4.78 is 5.29. The molecule has 3 nitrogen and oxygen atoms in total. The highest BCUT2D eigenvalue weighted by atomic mass is 32.1. The first-order valence-electron chi connectivity index (χ1n) is 5.15. The van der Waals surface area contributed by atoms with Crippen molar-refractivity contribution < 1.29 is 9.53 Å². The van der Waals surface area contributed by atoms with E-state index < -0.39 is 0 Å². The molecule has 0 atom stereocenters. The van der Waals surface area contributed by atoms with E-state index in [-0.39, 0.29) is 5.78 Å². The molecule has 0 N–H and O–H groups in total. The topological polar surface area (TPSA) is 29.5 Å². The van der Waals surface area contributed by atoms with E-state index in [2.05, 4.69) is 11.0 Å². The zero-order valence-electron chi connectivity index (χ0n) is 8.86. The van der Waals surface area contributed by atoms with Crippen LogP contribution in [0, 0.1) is 0 Å². The lowest BCUT2D eigenvalue weighted by Crippen LogP contribution is -2.35. The molecule has 0 amide bonds. The summed E-state index contributed by atoms with van der Waals surface area (Å²) >= 11 is 1.60. The van der Waals surface area contributed by atoms with E-state index in [1.807, 2.05) is 6.07 Å². The largest absolute Gasteiger partial charge is 0.379 e. The van der Waals surface area contributed by atoms with Crippen LogP contribution in [0.1, 0.15) is 21.5 Å². The summed E-state index contributed by atoms with van der Waals surface area (Å²) in [4.78, 5) is 15.6. The van der Waals surface area contributed by atoms with Gasteiger partial charge in [-0.15, -0.1) is 11.3 Å². The predicted octanol–water partition coefficient (Wildman–Crippen LogP) is 1.78. The second-order valence-corrected chi connectivity index (χ2v) is 4.88. The molecule has 1 aliphatic rings. The van der Waals surface area contributed by atoms with Gasteiger partial charge in [0.25, 0.3) is 0 Å². The number of thiophene rings is 1. The van der Waals surface area contributed by atoms with Crippen LogP contribution in [0.5, 0.6) is 0 Å². The van der Waals surface area contributed by atoms with Crippen LogP contribution < -0.4 is 0 Å². The molecule has 0 saturated carbocycles. The number of morpholine rings is 1. The number of hydrogen-bond acceptors (Lipinski definition) is 4. The first kappa shape index (κ1) is 10.8. The highest BCUT2D eigenvalue weighted by Gasteiger charge is 2.12. The molecule has 1 aromatic rings. The van der Waals surface area contributed by atoms with Crippen LogP contribution in [0.4, 0.5) is 0 Å². The van der Waals surface area contributed by atoms with Crippen molar-refractivity contribution in [1.29, 1.82) is 0 Å². The molecule has 0 bridgehead atoms. The average Bonchev–Trinajstić information content (AvgIpc) is 2.68. The van der Waals surface area contributed by atoms with Crippen molar-refractivity contribution in [2.75, 3.05) is 26.3 Å². The van der Waals surface area contributed by atoms with E-state index in [4.69, 9.17) is 4.74 Å². The molecule has 82 valence electrons. The molecule has 15 heavy (non-hydrogen) atoms. The van der Waals surface area contributed by atoms with Crippen LogP contribution in [0.2, 0.25) is 0 Å². The minimum atomic E-state index is 0.160. The Hall–Kier alpha value is -0.710. The molecule has 4 heteroatoms. The third-order valence-electron chi connectivity index (χ3n) is 2.49. The number of carbonyl (C=O) groups excluding carboxylic acids is 1. The van der Waals surface area contributed by atoms with E-state index in [0.717, 1.165) is 37.7 Å². The fourth-order valence-corrected chi connectivity index (χ4v) is 2.58. The highest BCUT2D eigenvalue weighted by Crippen LogP contribution is 2.19. The normalized spacial score (nSPS) is 17.9. The van der Waals surface area contributed by atoms with Gasteiger partial charge in [0.2, 0.25) is 0 Å². The number of rotatable bonds is 3. The lowest BCUT2D eigenvalue weighted by atomic mass is 10.3. The molecule has 0 radical (unpaired) electrons. The molecule has 1 saturated heterocycles. The maximum absolute atomic E-state index is 11.1. The van der Waals surface area contributed by atoms with Gasteiger partial charge >= 0.3 is 0 Å². The van der Waals surface area contributed by atoms with E-state index in [1.165, 1.54) is 4.88 Å². The van der Waals surface area contributed by atoms with Crippen molar-refractivity contribution in [2.45, 2.75) is 13.5 Å². The number of Topliss-reactive ketones (excluding diaryl/α,β-unsaturated/α-hetero) is 1. The Morgan fingerprint density at radius 1 is 1.47 bits per heavy atom. The summed E-state index contributed by atoms with van der Waals surface area (Å²) in [6, 6.07) is 3.97. The smallest absolute Gasteiger partial charge is 0.169 e. The van der Waals surface area contributed by atoms with Crippen LogP contribution in [-0.2, 0) is 11.3 Å². The Labute approximate surface area is 93.7 Å². The summed E-state index contributed by atoms with van der Waals surface area (Å²) in [5, 5.41) is 0. The molecule has 1 aromatic heterocycles. The second-order valence-electron chi connectivity index (χ2n) is 3.71. The zero-order chi connectivity index (χ0) is 10.7. The molecule has 1 aliphatic heterocycles. The van der Waals surface area contributed by atoms with Crippen LogP contribution in [0.15, 0.2) is 12.1 Å². The third kappa shape index (κ3) is 2.87. The van der Waals surface area contributed by atoms with E-state index >= 15 is 0 Å². The number of nitrogens with zero attached hydrogens (tertiary/aromatic N) is 1. The summed E-state index contributed by atoms with van der Waals surface area (Å²) in [7, 11) is 0. The molecule has 0 aliphatic carbocycles. The van der Waals surface area contributed by atoms with E-state index in [1.54, 1.807) is 18.3 Å². The number of hydrogen-bond donors (Lipinski definition) is 0. The molecular weight excluding hydrogens is 210 g/mol. The van der Waals surface area contributed by atoms with E-state index in [0.29, 0.717) is 0 Å². The Bertz CT molecular complexity index is 342. The average molecular weight is 225 g/mol. The summed E-state index contributed by atoms with van der Waals surface area (Å²) in [6.07, 6.45) is 0. The van der Waals surface area contributed by atoms with Gasteiger partial charge in [-0.3, -0.25) is 9.69 Å². The lowest BCUT2D eigenvalue weighted by molar-refractivity contribution is 0.0346. The number of ether oxygens (including phenoxy) is 1.